The lowest BCUT2D eigenvalue weighted by atomic mass is 9.84. The minimum absolute atomic E-state index is 0.0277. The summed E-state index contributed by atoms with van der Waals surface area (Å²) < 4.78 is 41.1. The van der Waals surface area contributed by atoms with Gasteiger partial charge < -0.3 is 10.6 Å². The molecule has 29 heavy (non-hydrogen) atoms. The first-order valence-electron chi connectivity index (χ1n) is 9.05. The maximum Gasteiger partial charge on any atom is 0.393 e. The van der Waals surface area contributed by atoms with Crippen LogP contribution >= 0.6 is 23.1 Å². The topological polar surface area (TPSA) is 82.7 Å². The first-order valence-corrected chi connectivity index (χ1v) is 11.2. The highest BCUT2D eigenvalue weighted by Crippen LogP contribution is 2.37. The molecule has 2 N–H and O–H groups in total. The van der Waals surface area contributed by atoms with Gasteiger partial charge in [-0.3, -0.25) is 0 Å². The van der Waals surface area contributed by atoms with Crippen LogP contribution in [-0.2, 0) is 6.67 Å². The zero-order chi connectivity index (χ0) is 21.0. The molecule has 0 aliphatic heterocycles. The lowest BCUT2D eigenvalue weighted by molar-refractivity contribution is -0.187. The van der Waals surface area contributed by atoms with E-state index in [4.69, 9.17) is 0 Å². The molecule has 0 bridgehead atoms. The van der Waals surface area contributed by atoms with E-state index in [1.165, 1.54) is 27.8 Å². The van der Waals surface area contributed by atoms with Crippen LogP contribution in [0.25, 0.3) is 10.6 Å². The van der Waals surface area contributed by atoms with Gasteiger partial charge in [0.25, 0.3) is 0 Å². The highest BCUT2D eigenvalue weighted by atomic mass is 32.2. The number of thioether (sulfide) groups is 1. The number of amides is 2. The molecule has 0 aromatic carbocycles. The molecule has 2 amide bonds. The van der Waals surface area contributed by atoms with Crippen molar-refractivity contribution in [3.63, 3.8) is 0 Å². The fourth-order valence-corrected chi connectivity index (χ4v) is 4.89. The average Bonchev–Trinajstić information content (AvgIpc) is 3.32. The Hall–Kier alpha value is -2.19. The summed E-state index contributed by atoms with van der Waals surface area (Å²) in [6, 6.07) is 4.24. The standard InChI is InChI=1S/C18H20F3N5OS2/c1-28-16-11(9-22)15(14-7-4-8-29-14)25-26(16)10-23-17(27)24-13-6-3-2-5-12(13)18(19,20)21/h4,7-8,12-13H,2-3,5-6,10H2,1H3,(H2,23,24,27). The molecule has 2 aromatic heterocycles. The van der Waals surface area contributed by atoms with E-state index >= 15 is 0 Å². The zero-order valence-electron chi connectivity index (χ0n) is 15.6. The van der Waals surface area contributed by atoms with E-state index < -0.39 is 24.2 Å². The molecular weight excluding hydrogens is 423 g/mol. The summed E-state index contributed by atoms with van der Waals surface area (Å²) in [7, 11) is 0. The third-order valence-corrected chi connectivity index (χ3v) is 6.54. The number of aromatic nitrogens is 2. The largest absolute Gasteiger partial charge is 0.393 e. The van der Waals surface area contributed by atoms with Crippen LogP contribution in [-0.4, -0.2) is 34.3 Å². The van der Waals surface area contributed by atoms with Gasteiger partial charge in [0.05, 0.1) is 10.8 Å². The van der Waals surface area contributed by atoms with Crippen LogP contribution in [0.15, 0.2) is 22.5 Å². The van der Waals surface area contributed by atoms with E-state index in [1.807, 2.05) is 17.5 Å². The van der Waals surface area contributed by atoms with Crippen molar-refractivity contribution in [2.45, 2.75) is 49.6 Å². The third-order valence-electron chi connectivity index (χ3n) is 4.86. The SMILES string of the molecule is CSc1c(C#N)c(-c2cccs2)nn1CNC(=O)NC1CCCCC1C(F)(F)F. The lowest BCUT2D eigenvalue weighted by Gasteiger charge is -2.33. The molecule has 2 atom stereocenters. The Labute approximate surface area is 174 Å². The molecule has 1 fully saturated rings. The molecular formula is C18H20F3N5OS2. The smallest absolute Gasteiger partial charge is 0.335 e. The quantitative estimate of drug-likeness (QED) is 0.663. The number of nitrogens with zero attached hydrogens (tertiary/aromatic N) is 3. The van der Waals surface area contributed by atoms with E-state index in [0.29, 0.717) is 35.5 Å². The van der Waals surface area contributed by atoms with Crippen LogP contribution in [0.1, 0.15) is 31.2 Å². The van der Waals surface area contributed by atoms with Crippen LogP contribution in [0.3, 0.4) is 0 Å². The Bertz CT molecular complexity index is 889. The van der Waals surface area contributed by atoms with Gasteiger partial charge in [-0.15, -0.1) is 23.1 Å². The molecule has 156 valence electrons. The summed E-state index contributed by atoms with van der Waals surface area (Å²) >= 11 is 2.76. The Morgan fingerprint density at radius 1 is 1.45 bits per heavy atom. The van der Waals surface area contributed by atoms with Crippen molar-refractivity contribution in [3.8, 4) is 16.6 Å². The Balaban J connectivity index is 1.69. The molecule has 1 saturated carbocycles. The van der Waals surface area contributed by atoms with Gasteiger partial charge in [0.15, 0.2) is 0 Å². The number of nitriles is 1. The number of carbonyl (C=O) groups excluding carboxylic acids is 1. The highest BCUT2D eigenvalue weighted by Gasteiger charge is 2.46. The van der Waals surface area contributed by atoms with Gasteiger partial charge in [-0.25, -0.2) is 9.48 Å². The van der Waals surface area contributed by atoms with Crippen LogP contribution in [0.4, 0.5) is 18.0 Å². The number of hydrogen-bond donors (Lipinski definition) is 2. The number of nitrogens with one attached hydrogen (secondary N) is 2. The van der Waals surface area contributed by atoms with Crippen molar-refractivity contribution < 1.29 is 18.0 Å². The predicted octanol–water partition coefficient (Wildman–Crippen LogP) is 4.58. The van der Waals surface area contributed by atoms with Gasteiger partial charge in [-0.2, -0.15) is 23.5 Å². The molecule has 2 aromatic rings. The molecule has 0 radical (unpaired) electrons. The molecule has 1 aliphatic rings. The fourth-order valence-electron chi connectivity index (χ4n) is 3.51. The minimum atomic E-state index is -4.33. The van der Waals surface area contributed by atoms with Gasteiger partial charge in [0, 0.05) is 6.04 Å². The van der Waals surface area contributed by atoms with Crippen LogP contribution in [0.2, 0.25) is 0 Å². The summed E-state index contributed by atoms with van der Waals surface area (Å²) in [5.74, 6) is -1.52. The van der Waals surface area contributed by atoms with Crippen molar-refractivity contribution in [1.29, 1.82) is 5.26 Å². The number of alkyl halides is 3. The number of rotatable bonds is 5. The minimum Gasteiger partial charge on any atom is -0.335 e. The molecule has 2 heterocycles. The Morgan fingerprint density at radius 2 is 2.21 bits per heavy atom. The summed E-state index contributed by atoms with van der Waals surface area (Å²) in [6.07, 6.45) is -1.04. The summed E-state index contributed by atoms with van der Waals surface area (Å²) in [5.41, 5.74) is 0.935. The van der Waals surface area contributed by atoms with Crippen LogP contribution in [0, 0.1) is 17.2 Å². The van der Waals surface area contributed by atoms with E-state index in [2.05, 4.69) is 21.8 Å². The predicted molar refractivity (Wildman–Crippen MR) is 106 cm³/mol. The molecule has 2 unspecified atom stereocenters. The third kappa shape index (κ3) is 4.87. The summed E-state index contributed by atoms with van der Waals surface area (Å²) in [5, 5.41) is 21.4. The molecule has 3 rings (SSSR count). The van der Waals surface area contributed by atoms with Crippen molar-refractivity contribution in [1.82, 2.24) is 20.4 Å². The molecule has 6 nitrogen and oxygen atoms in total. The second-order valence-corrected chi connectivity index (χ2v) is 8.41. The number of carbonyl (C=O) groups is 1. The lowest BCUT2D eigenvalue weighted by Crippen LogP contribution is -2.50. The molecule has 11 heteroatoms. The maximum atomic E-state index is 13.2. The van der Waals surface area contributed by atoms with E-state index in [9.17, 15) is 23.2 Å². The highest BCUT2D eigenvalue weighted by molar-refractivity contribution is 7.98. The van der Waals surface area contributed by atoms with E-state index in [0.717, 1.165) is 4.88 Å². The van der Waals surface area contributed by atoms with Gasteiger partial charge in [0.2, 0.25) is 0 Å². The van der Waals surface area contributed by atoms with Crippen molar-refractivity contribution in [2.75, 3.05) is 6.26 Å². The van der Waals surface area contributed by atoms with Gasteiger partial charge in [0.1, 0.15) is 29.0 Å². The van der Waals surface area contributed by atoms with Crippen molar-refractivity contribution in [2.24, 2.45) is 5.92 Å². The fraction of sp³-hybridized carbons (Fsp3) is 0.500. The van der Waals surface area contributed by atoms with Crippen LogP contribution in [0.5, 0.6) is 0 Å². The molecule has 1 aliphatic carbocycles. The van der Waals surface area contributed by atoms with E-state index in [-0.39, 0.29) is 13.1 Å². The summed E-state index contributed by atoms with van der Waals surface area (Å²) in [6.45, 7) is -0.0501. The maximum absolute atomic E-state index is 13.2. The van der Waals surface area contributed by atoms with Gasteiger partial charge >= 0.3 is 12.2 Å². The first kappa shape index (κ1) is 21.5. The monoisotopic (exact) mass is 443 g/mol. The van der Waals surface area contributed by atoms with Gasteiger partial charge in [-0.05, 0) is 30.5 Å². The van der Waals surface area contributed by atoms with Gasteiger partial charge in [-0.1, -0.05) is 18.9 Å². The number of hydrogen-bond acceptors (Lipinski definition) is 5. The number of thiophene rings is 1. The molecule has 0 spiro atoms. The Kier molecular flexibility index (Phi) is 6.74. The normalized spacial score (nSPS) is 19.6. The zero-order valence-corrected chi connectivity index (χ0v) is 17.3. The Morgan fingerprint density at radius 3 is 2.83 bits per heavy atom. The summed E-state index contributed by atoms with van der Waals surface area (Å²) in [4.78, 5) is 13.1. The van der Waals surface area contributed by atoms with E-state index in [1.54, 1.807) is 6.26 Å². The number of urea groups is 1. The number of halogens is 3. The average molecular weight is 444 g/mol. The first-order chi connectivity index (χ1) is 13.8. The second kappa shape index (κ2) is 9.09. The van der Waals surface area contributed by atoms with Crippen molar-refractivity contribution >= 4 is 29.1 Å². The van der Waals surface area contributed by atoms with Crippen molar-refractivity contribution in [3.05, 3.63) is 23.1 Å². The molecule has 0 saturated heterocycles. The second-order valence-electron chi connectivity index (χ2n) is 6.67. The van der Waals surface area contributed by atoms with Crippen LogP contribution < -0.4 is 10.6 Å².